The van der Waals surface area contributed by atoms with Gasteiger partial charge in [-0.3, -0.25) is 9.59 Å². The summed E-state index contributed by atoms with van der Waals surface area (Å²) in [5, 5.41) is 6.13. The zero-order chi connectivity index (χ0) is 20.0. The number of carbonyl (C=O) groups excluding carboxylic acids is 2. The summed E-state index contributed by atoms with van der Waals surface area (Å²) in [4.78, 5) is 24.6. The Kier molecular flexibility index (Phi) is 7.88. The predicted molar refractivity (Wildman–Crippen MR) is 112 cm³/mol. The fraction of sp³-hybridized carbons (Fsp3) is 0.652. The molecule has 1 aliphatic carbocycles. The van der Waals surface area contributed by atoms with Crippen LogP contribution < -0.4 is 10.6 Å². The first-order chi connectivity index (χ1) is 12.8. The number of rotatable bonds is 7. The van der Waals surface area contributed by atoms with Crippen LogP contribution in [0.25, 0.3) is 0 Å². The largest absolute Gasteiger partial charge is 0.353 e. The van der Waals surface area contributed by atoms with Crippen molar-refractivity contribution in [2.45, 2.75) is 78.7 Å². The lowest BCUT2D eigenvalue weighted by Gasteiger charge is -2.34. The highest BCUT2D eigenvalue weighted by molar-refractivity contribution is 5.91. The lowest BCUT2D eigenvalue weighted by Crippen LogP contribution is -2.44. The van der Waals surface area contributed by atoms with Crippen molar-refractivity contribution in [1.29, 1.82) is 0 Å². The van der Waals surface area contributed by atoms with E-state index in [-0.39, 0.29) is 23.8 Å². The lowest BCUT2D eigenvalue weighted by atomic mass is 9.78. The minimum atomic E-state index is -0.0350. The molecule has 2 rings (SSSR count). The molecule has 0 radical (unpaired) electrons. The highest BCUT2D eigenvalue weighted by atomic mass is 16.2. The summed E-state index contributed by atoms with van der Waals surface area (Å²) in [5.41, 5.74) is 2.07. The first kappa shape index (κ1) is 21.5. The van der Waals surface area contributed by atoms with Gasteiger partial charge in [0.2, 0.25) is 11.8 Å². The molecular formula is C23H36N2O2. The molecule has 0 saturated heterocycles. The molecule has 1 saturated carbocycles. The molecule has 150 valence electrons. The van der Waals surface area contributed by atoms with Crippen molar-refractivity contribution in [2.75, 3.05) is 5.32 Å². The first-order valence-corrected chi connectivity index (χ1v) is 10.5. The normalized spacial score (nSPS) is 23.7. The second-order valence-electron chi connectivity index (χ2n) is 8.78. The fourth-order valence-electron chi connectivity index (χ4n) is 3.92. The Hall–Kier alpha value is -1.84. The van der Waals surface area contributed by atoms with Crippen LogP contribution in [0.3, 0.4) is 0 Å². The second-order valence-corrected chi connectivity index (χ2v) is 8.78. The van der Waals surface area contributed by atoms with E-state index in [1.165, 1.54) is 18.4 Å². The van der Waals surface area contributed by atoms with E-state index in [0.29, 0.717) is 30.6 Å². The molecule has 1 fully saturated rings. The third-order valence-corrected chi connectivity index (χ3v) is 5.98. The Bertz CT molecular complexity index is 624. The smallest absolute Gasteiger partial charge is 0.224 e. The minimum absolute atomic E-state index is 0.0243. The Morgan fingerprint density at radius 2 is 1.63 bits per heavy atom. The van der Waals surface area contributed by atoms with Crippen LogP contribution in [0.1, 0.15) is 78.2 Å². The van der Waals surface area contributed by atoms with Gasteiger partial charge in [0.05, 0.1) is 0 Å². The zero-order valence-corrected chi connectivity index (χ0v) is 17.5. The number of hydrogen-bond acceptors (Lipinski definition) is 2. The molecule has 27 heavy (non-hydrogen) atoms. The van der Waals surface area contributed by atoms with Crippen LogP contribution >= 0.6 is 0 Å². The number of nitrogens with one attached hydrogen (secondary N) is 2. The molecule has 4 atom stereocenters. The SMILES string of the molecule is CC(C)c1ccc(NC(=O)C[C@@H](C)CC(=O)N[C@@H]2CCC[C@@H](C)[C@@H]2C)cc1. The number of amides is 2. The topological polar surface area (TPSA) is 58.2 Å². The summed E-state index contributed by atoms with van der Waals surface area (Å²) in [6.45, 7) is 10.8. The molecule has 0 aliphatic heterocycles. The average Bonchev–Trinajstić information content (AvgIpc) is 2.59. The maximum atomic E-state index is 12.4. The van der Waals surface area contributed by atoms with Gasteiger partial charge in [0, 0.05) is 24.6 Å². The number of benzene rings is 1. The Morgan fingerprint density at radius 3 is 2.26 bits per heavy atom. The van der Waals surface area contributed by atoms with Crippen molar-refractivity contribution in [1.82, 2.24) is 5.32 Å². The van der Waals surface area contributed by atoms with E-state index >= 15 is 0 Å². The van der Waals surface area contributed by atoms with Gasteiger partial charge in [-0.15, -0.1) is 0 Å². The predicted octanol–water partition coefficient (Wildman–Crippen LogP) is 5.11. The molecule has 4 heteroatoms. The van der Waals surface area contributed by atoms with Gasteiger partial charge < -0.3 is 10.6 Å². The van der Waals surface area contributed by atoms with Crippen molar-refractivity contribution < 1.29 is 9.59 Å². The fourth-order valence-corrected chi connectivity index (χ4v) is 3.92. The van der Waals surface area contributed by atoms with Gasteiger partial charge in [-0.05, 0) is 47.8 Å². The van der Waals surface area contributed by atoms with Crippen molar-refractivity contribution in [2.24, 2.45) is 17.8 Å². The van der Waals surface area contributed by atoms with Crippen LogP contribution in [-0.2, 0) is 9.59 Å². The van der Waals surface area contributed by atoms with E-state index in [4.69, 9.17) is 0 Å². The maximum absolute atomic E-state index is 12.4. The molecule has 4 nitrogen and oxygen atoms in total. The van der Waals surface area contributed by atoms with E-state index in [9.17, 15) is 9.59 Å². The van der Waals surface area contributed by atoms with E-state index in [0.717, 1.165) is 12.1 Å². The minimum Gasteiger partial charge on any atom is -0.353 e. The molecule has 0 aromatic heterocycles. The standard InChI is InChI=1S/C23H36N2O2/c1-15(2)19-9-11-20(12-10-19)24-22(26)13-16(3)14-23(27)25-21-8-6-7-17(4)18(21)5/h9-12,15-18,21H,6-8,13-14H2,1-5H3,(H,24,26)(H,25,27)/t16-,17-,18+,21-/m1/s1. The van der Waals surface area contributed by atoms with Crippen LogP contribution in [-0.4, -0.2) is 17.9 Å². The molecule has 0 spiro atoms. The Morgan fingerprint density at radius 1 is 1.00 bits per heavy atom. The summed E-state index contributed by atoms with van der Waals surface area (Å²) in [7, 11) is 0. The van der Waals surface area contributed by atoms with Crippen molar-refractivity contribution in [3.05, 3.63) is 29.8 Å². The van der Waals surface area contributed by atoms with E-state index in [2.05, 4.69) is 38.3 Å². The summed E-state index contributed by atoms with van der Waals surface area (Å²) in [5.74, 6) is 1.72. The monoisotopic (exact) mass is 372 g/mol. The lowest BCUT2D eigenvalue weighted by molar-refractivity contribution is -0.123. The summed E-state index contributed by atoms with van der Waals surface area (Å²) >= 11 is 0. The average molecular weight is 373 g/mol. The third kappa shape index (κ3) is 6.67. The second kappa shape index (κ2) is 9.91. The molecule has 2 N–H and O–H groups in total. The molecule has 1 aromatic carbocycles. The van der Waals surface area contributed by atoms with E-state index in [1.807, 2.05) is 31.2 Å². The maximum Gasteiger partial charge on any atom is 0.224 e. The highest BCUT2D eigenvalue weighted by Gasteiger charge is 2.28. The van der Waals surface area contributed by atoms with Crippen molar-refractivity contribution in [3.63, 3.8) is 0 Å². The van der Waals surface area contributed by atoms with Crippen molar-refractivity contribution in [3.8, 4) is 0 Å². The summed E-state index contributed by atoms with van der Waals surface area (Å²) in [6, 6.07) is 8.25. The molecule has 1 aromatic rings. The molecule has 2 amide bonds. The van der Waals surface area contributed by atoms with Gasteiger partial charge in [0.1, 0.15) is 0 Å². The molecule has 0 heterocycles. The molecule has 1 aliphatic rings. The van der Waals surface area contributed by atoms with Gasteiger partial charge in [0.15, 0.2) is 0 Å². The Labute approximate surface area is 164 Å². The van der Waals surface area contributed by atoms with E-state index in [1.54, 1.807) is 0 Å². The van der Waals surface area contributed by atoms with E-state index < -0.39 is 0 Å². The first-order valence-electron chi connectivity index (χ1n) is 10.5. The molecular weight excluding hydrogens is 336 g/mol. The number of hydrogen-bond donors (Lipinski definition) is 2. The van der Waals surface area contributed by atoms with Crippen LogP contribution in [0.4, 0.5) is 5.69 Å². The van der Waals surface area contributed by atoms with Gasteiger partial charge in [-0.25, -0.2) is 0 Å². The number of anilines is 1. The summed E-state index contributed by atoms with van der Waals surface area (Å²) in [6.07, 6.45) is 4.26. The number of carbonyl (C=O) groups is 2. The zero-order valence-electron chi connectivity index (χ0n) is 17.5. The van der Waals surface area contributed by atoms with Crippen LogP contribution in [0, 0.1) is 17.8 Å². The summed E-state index contributed by atoms with van der Waals surface area (Å²) < 4.78 is 0. The molecule has 0 bridgehead atoms. The van der Waals surface area contributed by atoms with Gasteiger partial charge >= 0.3 is 0 Å². The highest BCUT2D eigenvalue weighted by Crippen LogP contribution is 2.29. The van der Waals surface area contributed by atoms with Gasteiger partial charge in [-0.2, -0.15) is 0 Å². The quantitative estimate of drug-likeness (QED) is 0.699. The molecule has 0 unspecified atom stereocenters. The van der Waals surface area contributed by atoms with Crippen molar-refractivity contribution >= 4 is 17.5 Å². The van der Waals surface area contributed by atoms with Gasteiger partial charge in [0.25, 0.3) is 0 Å². The Balaban J connectivity index is 1.76. The van der Waals surface area contributed by atoms with Crippen LogP contribution in [0.15, 0.2) is 24.3 Å². The van der Waals surface area contributed by atoms with Crippen LogP contribution in [0.2, 0.25) is 0 Å². The third-order valence-electron chi connectivity index (χ3n) is 5.98. The van der Waals surface area contributed by atoms with Gasteiger partial charge in [-0.1, -0.05) is 59.6 Å². The van der Waals surface area contributed by atoms with Crippen LogP contribution in [0.5, 0.6) is 0 Å².